The molecule has 0 aromatic heterocycles. The highest BCUT2D eigenvalue weighted by molar-refractivity contribution is 6.02. The summed E-state index contributed by atoms with van der Waals surface area (Å²) < 4.78 is 7.03. The van der Waals surface area contributed by atoms with Gasteiger partial charge in [-0.25, -0.2) is 0 Å². The van der Waals surface area contributed by atoms with Crippen molar-refractivity contribution in [2.45, 2.75) is 77.0 Å². The number of para-hydroxylation sites is 2. The maximum atomic E-state index is 7.03. The molecule has 360 valence electrons. The third-order valence-corrected chi connectivity index (χ3v) is 16.5. The molecule has 13 rings (SSSR count). The average Bonchev–Trinajstić information content (AvgIpc) is 3.85. The van der Waals surface area contributed by atoms with E-state index in [4.69, 9.17) is 4.74 Å². The molecule has 0 radical (unpaired) electrons. The van der Waals surface area contributed by atoms with E-state index in [9.17, 15) is 0 Å². The Morgan fingerprint density at radius 2 is 0.824 bits per heavy atom. The molecule has 2 nitrogen and oxygen atoms in total. The highest BCUT2D eigenvalue weighted by atomic mass is 16.5. The van der Waals surface area contributed by atoms with Gasteiger partial charge in [-0.1, -0.05) is 231 Å². The first-order valence-electron chi connectivity index (χ1n) is 26.3. The molecule has 0 saturated heterocycles. The van der Waals surface area contributed by atoms with Gasteiger partial charge in [0.15, 0.2) is 0 Å². The fraction of sp³-hybridized carbons (Fsp3) is 0.167. The first-order valence-corrected chi connectivity index (χ1v) is 26.3. The summed E-state index contributed by atoms with van der Waals surface area (Å²) in [5, 5.41) is 0. The van der Waals surface area contributed by atoms with Crippen molar-refractivity contribution in [3.63, 3.8) is 0 Å². The van der Waals surface area contributed by atoms with Crippen LogP contribution in [0.15, 0.2) is 224 Å². The smallest absolute Gasteiger partial charge is 0.132 e. The van der Waals surface area contributed by atoms with Crippen molar-refractivity contribution in [3.05, 3.63) is 269 Å². The first kappa shape index (κ1) is 45.6. The van der Waals surface area contributed by atoms with Crippen molar-refractivity contribution in [1.82, 2.24) is 0 Å². The van der Waals surface area contributed by atoms with Gasteiger partial charge >= 0.3 is 0 Å². The minimum atomic E-state index is -0.652. The Bertz CT molecular complexity index is 3800. The van der Waals surface area contributed by atoms with Gasteiger partial charge in [0.05, 0.1) is 16.8 Å². The van der Waals surface area contributed by atoms with Gasteiger partial charge in [0.2, 0.25) is 0 Å². The summed E-state index contributed by atoms with van der Waals surface area (Å²) in [6.45, 7) is 18.6. The summed E-state index contributed by atoms with van der Waals surface area (Å²) in [5.41, 5.74) is 24.8. The van der Waals surface area contributed by atoms with E-state index < -0.39 is 5.41 Å². The molecule has 2 aliphatic carbocycles. The molecular weight excluding hydrogens is 895 g/mol. The van der Waals surface area contributed by atoms with Crippen molar-refractivity contribution >= 4 is 17.1 Å². The molecule has 0 amide bonds. The second-order valence-corrected chi connectivity index (χ2v) is 23.3. The van der Waals surface area contributed by atoms with Crippen LogP contribution in [-0.4, -0.2) is 0 Å². The zero-order valence-corrected chi connectivity index (χ0v) is 43.7. The lowest BCUT2D eigenvalue weighted by atomic mass is 9.64. The van der Waals surface area contributed by atoms with E-state index in [0.717, 1.165) is 45.3 Å². The quantitative estimate of drug-likeness (QED) is 0.165. The lowest BCUT2D eigenvalue weighted by Crippen LogP contribution is -2.33. The van der Waals surface area contributed by atoms with Gasteiger partial charge in [0, 0.05) is 33.4 Å². The van der Waals surface area contributed by atoms with Crippen LogP contribution in [0.1, 0.15) is 99.9 Å². The highest BCUT2D eigenvalue weighted by Gasteiger charge is 2.52. The molecule has 0 N–H and O–H groups in total. The molecule has 1 heterocycles. The Hall–Kier alpha value is -8.20. The van der Waals surface area contributed by atoms with Crippen LogP contribution in [0.4, 0.5) is 17.1 Å². The second kappa shape index (κ2) is 16.7. The number of rotatable bonds is 6. The molecule has 0 fully saturated rings. The predicted octanol–water partition coefficient (Wildman–Crippen LogP) is 19.5. The highest BCUT2D eigenvalue weighted by Crippen LogP contribution is 2.65. The van der Waals surface area contributed by atoms with E-state index in [1.54, 1.807) is 0 Å². The van der Waals surface area contributed by atoms with E-state index in [1.165, 1.54) is 83.5 Å². The van der Waals surface area contributed by atoms with E-state index in [-0.39, 0.29) is 16.2 Å². The molecule has 10 aromatic rings. The molecule has 74 heavy (non-hydrogen) atoms. The number of ether oxygens (including phenoxy) is 1. The number of hydrogen-bond acceptors (Lipinski definition) is 2. The normalized spacial score (nSPS) is 14.3. The molecular formula is C72H61NO. The number of anilines is 3. The number of nitrogens with zero attached hydrogens (tertiary/aromatic N) is 1. The lowest BCUT2D eigenvalue weighted by Gasteiger charge is -2.41. The van der Waals surface area contributed by atoms with Crippen LogP contribution in [0, 0.1) is 0 Å². The molecule has 1 aliphatic heterocycles. The Kier molecular flexibility index (Phi) is 10.3. The van der Waals surface area contributed by atoms with Crippen molar-refractivity contribution < 1.29 is 4.74 Å². The van der Waals surface area contributed by atoms with Crippen LogP contribution in [0.25, 0.3) is 55.6 Å². The first-order chi connectivity index (χ1) is 35.7. The summed E-state index contributed by atoms with van der Waals surface area (Å²) >= 11 is 0. The Morgan fingerprint density at radius 1 is 0.338 bits per heavy atom. The monoisotopic (exact) mass is 955 g/mol. The van der Waals surface area contributed by atoms with Crippen molar-refractivity contribution in [3.8, 4) is 67.1 Å². The van der Waals surface area contributed by atoms with Crippen molar-refractivity contribution in [2.75, 3.05) is 4.90 Å². The molecule has 0 bridgehead atoms. The Labute approximate surface area is 437 Å². The topological polar surface area (TPSA) is 12.5 Å². The zero-order chi connectivity index (χ0) is 50.7. The maximum Gasteiger partial charge on any atom is 0.132 e. The SMILES string of the molecule is CC(C)(C)c1ccc2c(c1)C1(c3cc(C(C)(C)C)ccc3O2)c2ccccc2-c2c(-c3ccccc3N(c3ccc4c(c3)C(C)(C)c3ccccc3-4)c3ccccc3-c3ccc(-c4ccccc4)cc3)cccc21. The third-order valence-electron chi connectivity index (χ3n) is 16.5. The van der Waals surface area contributed by atoms with E-state index in [2.05, 4.69) is 285 Å². The fourth-order valence-electron chi connectivity index (χ4n) is 12.7. The van der Waals surface area contributed by atoms with Crippen molar-refractivity contribution in [2.24, 2.45) is 0 Å². The minimum absolute atomic E-state index is 0.0786. The predicted molar refractivity (Wildman–Crippen MR) is 310 cm³/mol. The number of hydrogen-bond donors (Lipinski definition) is 0. The van der Waals surface area contributed by atoms with Gasteiger partial charge in [0.25, 0.3) is 0 Å². The maximum absolute atomic E-state index is 7.03. The van der Waals surface area contributed by atoms with Gasteiger partial charge in [-0.05, 0) is 137 Å². The molecule has 3 aliphatic rings. The number of benzene rings is 10. The number of fused-ring (bicyclic) bond motifs is 12. The van der Waals surface area contributed by atoms with Gasteiger partial charge in [-0.15, -0.1) is 0 Å². The van der Waals surface area contributed by atoms with Crippen LogP contribution in [0.2, 0.25) is 0 Å². The van der Waals surface area contributed by atoms with Crippen LogP contribution in [0.3, 0.4) is 0 Å². The van der Waals surface area contributed by atoms with Crippen LogP contribution >= 0.6 is 0 Å². The largest absolute Gasteiger partial charge is 0.457 e. The molecule has 2 heteroatoms. The summed E-state index contributed by atoms with van der Waals surface area (Å²) in [5.74, 6) is 1.81. The average molecular weight is 956 g/mol. The Morgan fingerprint density at radius 3 is 1.47 bits per heavy atom. The molecule has 0 unspecified atom stereocenters. The molecule has 0 atom stereocenters. The van der Waals surface area contributed by atoms with Crippen LogP contribution in [-0.2, 0) is 21.7 Å². The second-order valence-electron chi connectivity index (χ2n) is 23.3. The summed E-state index contributed by atoms with van der Waals surface area (Å²) in [6, 6.07) is 84.1. The Balaban J connectivity index is 1.07. The van der Waals surface area contributed by atoms with E-state index in [1.807, 2.05) is 0 Å². The fourth-order valence-corrected chi connectivity index (χ4v) is 12.7. The summed E-state index contributed by atoms with van der Waals surface area (Å²) in [4.78, 5) is 2.54. The van der Waals surface area contributed by atoms with Crippen molar-refractivity contribution in [1.29, 1.82) is 0 Å². The van der Waals surface area contributed by atoms with Crippen LogP contribution < -0.4 is 9.64 Å². The zero-order valence-electron chi connectivity index (χ0n) is 43.7. The minimum Gasteiger partial charge on any atom is -0.457 e. The van der Waals surface area contributed by atoms with E-state index in [0.29, 0.717) is 0 Å². The van der Waals surface area contributed by atoms with Gasteiger partial charge in [-0.2, -0.15) is 0 Å². The van der Waals surface area contributed by atoms with Gasteiger partial charge in [0.1, 0.15) is 11.5 Å². The summed E-state index contributed by atoms with van der Waals surface area (Å²) in [7, 11) is 0. The lowest BCUT2D eigenvalue weighted by molar-refractivity contribution is 0.433. The molecule has 10 aromatic carbocycles. The van der Waals surface area contributed by atoms with Gasteiger partial charge in [-0.3, -0.25) is 0 Å². The standard InChI is InChI=1S/C72H61NO/c1-69(2,3)49-37-41-66-62(43-49)72(63-44-50(70(4,5)6)38-42-67(63)74-66)59-29-17-13-26-57(59)68-56(27-20-30-60(68)72)55-25-15-19-32-65(55)73(51-39-40-54-53-24-12-16-28-58(53)71(7,8)61(54)45-51)64-31-18-14-23-52(64)48-35-33-47(34-36-48)46-21-10-9-11-22-46/h9-45H,1-8H3. The molecule has 0 saturated carbocycles. The summed E-state index contributed by atoms with van der Waals surface area (Å²) in [6.07, 6.45) is 0. The van der Waals surface area contributed by atoms with E-state index >= 15 is 0 Å². The molecule has 1 spiro atoms. The van der Waals surface area contributed by atoms with Crippen LogP contribution in [0.5, 0.6) is 11.5 Å². The third kappa shape index (κ3) is 6.91. The van der Waals surface area contributed by atoms with Gasteiger partial charge < -0.3 is 9.64 Å².